The van der Waals surface area contributed by atoms with Crippen molar-refractivity contribution in [2.75, 3.05) is 0 Å². The molecule has 1 aromatic carbocycles. The van der Waals surface area contributed by atoms with Crippen molar-refractivity contribution < 1.29 is 10.2 Å². The average molecular weight is 411 g/mol. The van der Waals surface area contributed by atoms with E-state index >= 15 is 0 Å². The molecule has 1 aliphatic rings. The summed E-state index contributed by atoms with van der Waals surface area (Å²) in [5, 5.41) is 20.1. The van der Waals surface area contributed by atoms with E-state index < -0.39 is 11.7 Å². The number of rotatable bonds is 10. The normalized spacial score (nSPS) is 22.0. The molecule has 166 valence electrons. The Morgan fingerprint density at radius 2 is 2.00 bits per heavy atom. The van der Waals surface area contributed by atoms with Gasteiger partial charge in [0.1, 0.15) is 0 Å². The second kappa shape index (κ2) is 11.7. The number of benzene rings is 1. The third-order valence-electron chi connectivity index (χ3n) is 6.07. The summed E-state index contributed by atoms with van der Waals surface area (Å²) >= 11 is 0. The highest BCUT2D eigenvalue weighted by atomic mass is 16.3. The Morgan fingerprint density at radius 1 is 1.23 bits per heavy atom. The van der Waals surface area contributed by atoms with Crippen molar-refractivity contribution in [3.05, 3.63) is 65.3 Å². The van der Waals surface area contributed by atoms with E-state index in [4.69, 9.17) is 0 Å². The van der Waals surface area contributed by atoms with Crippen molar-refractivity contribution in [1.29, 1.82) is 0 Å². The Labute approximate surface area is 184 Å². The fraction of sp³-hybridized carbons (Fsp3) is 0.571. The summed E-state index contributed by atoms with van der Waals surface area (Å²) in [7, 11) is 0. The van der Waals surface area contributed by atoms with Crippen LogP contribution in [-0.4, -0.2) is 21.9 Å². The molecule has 0 bridgehead atoms. The summed E-state index contributed by atoms with van der Waals surface area (Å²) in [5.74, 6) is 0.500. The molecule has 2 atom stereocenters. The third-order valence-corrected chi connectivity index (χ3v) is 6.07. The van der Waals surface area contributed by atoms with E-state index in [9.17, 15) is 10.2 Å². The summed E-state index contributed by atoms with van der Waals surface area (Å²) in [6.07, 6.45) is 13.3. The highest BCUT2D eigenvalue weighted by Gasteiger charge is 2.23. The van der Waals surface area contributed by atoms with Gasteiger partial charge in [0.15, 0.2) is 0 Å². The number of allylic oxidation sites excluding steroid dienone is 3. The molecule has 30 heavy (non-hydrogen) atoms. The predicted molar refractivity (Wildman–Crippen MR) is 129 cm³/mol. The van der Waals surface area contributed by atoms with Gasteiger partial charge in [0.2, 0.25) is 0 Å². The van der Waals surface area contributed by atoms with Gasteiger partial charge >= 0.3 is 0 Å². The molecule has 0 heterocycles. The summed E-state index contributed by atoms with van der Waals surface area (Å²) < 4.78 is 0. The van der Waals surface area contributed by atoms with Crippen LogP contribution in [0.1, 0.15) is 90.2 Å². The minimum Gasteiger partial charge on any atom is -0.390 e. The lowest BCUT2D eigenvalue weighted by Gasteiger charge is -2.27. The quantitative estimate of drug-likeness (QED) is 0.407. The maximum atomic E-state index is 10.2. The van der Waals surface area contributed by atoms with E-state index in [1.165, 1.54) is 22.3 Å². The number of unbranched alkanes of at least 4 members (excludes halogenated alkanes) is 2. The van der Waals surface area contributed by atoms with Gasteiger partial charge in [-0.3, -0.25) is 0 Å². The molecule has 0 saturated heterocycles. The van der Waals surface area contributed by atoms with Crippen molar-refractivity contribution in [1.82, 2.24) is 0 Å². The van der Waals surface area contributed by atoms with Crippen LogP contribution >= 0.6 is 0 Å². The third kappa shape index (κ3) is 8.24. The van der Waals surface area contributed by atoms with Crippen LogP contribution in [-0.2, 0) is 6.42 Å². The van der Waals surface area contributed by atoms with E-state index in [1.54, 1.807) is 0 Å². The fourth-order valence-electron chi connectivity index (χ4n) is 4.29. The molecule has 1 aromatic rings. The summed E-state index contributed by atoms with van der Waals surface area (Å²) in [4.78, 5) is 0. The van der Waals surface area contributed by atoms with E-state index in [-0.39, 0.29) is 0 Å². The Bertz CT molecular complexity index is 748. The number of aliphatic hydroxyl groups is 2. The lowest BCUT2D eigenvalue weighted by atomic mass is 9.81. The van der Waals surface area contributed by atoms with Gasteiger partial charge < -0.3 is 10.2 Å². The lowest BCUT2D eigenvalue weighted by molar-refractivity contribution is 0.0681. The van der Waals surface area contributed by atoms with Crippen molar-refractivity contribution in [3.63, 3.8) is 0 Å². The maximum Gasteiger partial charge on any atom is 0.0789 e. The van der Waals surface area contributed by atoms with Gasteiger partial charge in [-0.05, 0) is 86.1 Å². The standard InChI is InChI=1S/C28H42O2/c1-6-11-24(15-16-25-18-21(2)19-27(29)22(25)3)26-14-10-13-23(20-26)12-8-7-9-17-28(4,5)30/h10,13-16,20-21,27,29-30H,3,6-9,11-12,17-19H2,1-2,4-5H3/b24-15+,25-16-/t21-,27+/m1/s1. The molecule has 0 spiro atoms. The second-order valence-electron chi connectivity index (χ2n) is 9.79. The Hall–Kier alpha value is -1.64. The van der Waals surface area contributed by atoms with Gasteiger partial charge in [0, 0.05) is 0 Å². The SMILES string of the molecule is C=C1/C(=C\C=C(/CCC)c2cccc(CCCCCC(C)(C)O)c2)C[C@@H](C)C[C@@H]1O. The zero-order valence-electron chi connectivity index (χ0n) is 19.6. The molecule has 0 aliphatic heterocycles. The van der Waals surface area contributed by atoms with Crippen LogP contribution in [0.4, 0.5) is 0 Å². The molecule has 2 N–H and O–H groups in total. The van der Waals surface area contributed by atoms with Crippen LogP contribution in [0.3, 0.4) is 0 Å². The van der Waals surface area contributed by atoms with Crippen molar-refractivity contribution in [2.24, 2.45) is 5.92 Å². The predicted octanol–water partition coefficient (Wildman–Crippen LogP) is 7.02. The Kier molecular flexibility index (Phi) is 9.58. The minimum absolute atomic E-state index is 0.400. The van der Waals surface area contributed by atoms with Gasteiger partial charge in [0.25, 0.3) is 0 Å². The van der Waals surface area contributed by atoms with Crippen molar-refractivity contribution >= 4 is 5.57 Å². The van der Waals surface area contributed by atoms with E-state index in [1.807, 2.05) is 13.8 Å². The first kappa shape index (κ1) is 24.6. The largest absolute Gasteiger partial charge is 0.390 e. The smallest absolute Gasteiger partial charge is 0.0789 e. The van der Waals surface area contributed by atoms with Gasteiger partial charge in [-0.2, -0.15) is 0 Å². The van der Waals surface area contributed by atoms with Gasteiger partial charge in [0.05, 0.1) is 11.7 Å². The van der Waals surface area contributed by atoms with Crippen LogP contribution in [0.5, 0.6) is 0 Å². The number of hydrogen-bond donors (Lipinski definition) is 2. The Morgan fingerprint density at radius 3 is 2.70 bits per heavy atom. The Balaban J connectivity index is 2.06. The second-order valence-corrected chi connectivity index (χ2v) is 9.79. The topological polar surface area (TPSA) is 40.5 Å². The molecule has 0 radical (unpaired) electrons. The van der Waals surface area contributed by atoms with Crippen molar-refractivity contribution in [2.45, 2.75) is 97.2 Å². The molecule has 1 aliphatic carbocycles. The highest BCUT2D eigenvalue weighted by molar-refractivity contribution is 5.68. The molecule has 2 rings (SSSR count). The van der Waals surface area contributed by atoms with Gasteiger partial charge in [-0.1, -0.05) is 76.1 Å². The molecule has 0 amide bonds. The van der Waals surface area contributed by atoms with Crippen LogP contribution < -0.4 is 0 Å². The highest BCUT2D eigenvalue weighted by Crippen LogP contribution is 2.32. The van der Waals surface area contributed by atoms with Crippen LogP contribution in [0.15, 0.2) is 54.1 Å². The molecular weight excluding hydrogens is 368 g/mol. The average Bonchev–Trinajstić information content (AvgIpc) is 2.67. The van der Waals surface area contributed by atoms with Crippen LogP contribution in [0.25, 0.3) is 5.57 Å². The molecule has 0 aromatic heterocycles. The summed E-state index contributed by atoms with van der Waals surface area (Å²) in [6, 6.07) is 8.94. The zero-order valence-corrected chi connectivity index (χ0v) is 19.6. The van der Waals surface area contributed by atoms with E-state index in [0.29, 0.717) is 5.92 Å². The zero-order chi connectivity index (χ0) is 22.1. The summed E-state index contributed by atoms with van der Waals surface area (Å²) in [6.45, 7) is 12.3. The fourth-order valence-corrected chi connectivity index (χ4v) is 4.29. The van der Waals surface area contributed by atoms with E-state index in [2.05, 4.69) is 56.8 Å². The number of aryl methyl sites for hydroxylation is 1. The van der Waals surface area contributed by atoms with Crippen molar-refractivity contribution in [3.8, 4) is 0 Å². The minimum atomic E-state index is -0.550. The van der Waals surface area contributed by atoms with Crippen LogP contribution in [0.2, 0.25) is 0 Å². The monoisotopic (exact) mass is 410 g/mol. The number of aliphatic hydroxyl groups excluding tert-OH is 1. The molecule has 1 fully saturated rings. The molecular formula is C28H42O2. The molecule has 2 heteroatoms. The first-order valence-electron chi connectivity index (χ1n) is 11.8. The van der Waals surface area contributed by atoms with Gasteiger partial charge in [-0.25, -0.2) is 0 Å². The van der Waals surface area contributed by atoms with Crippen LogP contribution in [0, 0.1) is 5.92 Å². The number of hydrogen-bond acceptors (Lipinski definition) is 2. The van der Waals surface area contributed by atoms with E-state index in [0.717, 1.165) is 63.4 Å². The summed E-state index contributed by atoms with van der Waals surface area (Å²) in [5.41, 5.74) is 5.58. The molecule has 1 saturated carbocycles. The first-order valence-corrected chi connectivity index (χ1v) is 11.8. The lowest BCUT2D eigenvalue weighted by Crippen LogP contribution is -2.21. The first-order chi connectivity index (χ1) is 14.2. The maximum absolute atomic E-state index is 10.2. The molecule has 0 unspecified atom stereocenters. The molecule has 2 nitrogen and oxygen atoms in total. The van der Waals surface area contributed by atoms with Gasteiger partial charge in [-0.15, -0.1) is 0 Å².